The molecular formula is C11H7ClFNO3. The number of ether oxygens (including phenoxy) is 1. The molecule has 1 aromatic heterocycles. The quantitative estimate of drug-likeness (QED) is 0.838. The molecule has 0 aliphatic heterocycles. The third kappa shape index (κ3) is 1.89. The summed E-state index contributed by atoms with van der Waals surface area (Å²) in [6.45, 7) is 0. The van der Waals surface area contributed by atoms with Crippen LogP contribution in [0.4, 0.5) is 4.39 Å². The zero-order valence-electron chi connectivity index (χ0n) is 8.70. The standard InChI is InChI=1S/C11H7ClFNO3/c1-17-8-4-7-5(9(13)10(8)15)2-3-6(14-7)11(12)16/h2-4,15H,1H3. The lowest BCUT2D eigenvalue weighted by Gasteiger charge is -2.07. The van der Waals surface area contributed by atoms with E-state index in [2.05, 4.69) is 4.98 Å². The second kappa shape index (κ2) is 4.18. The van der Waals surface area contributed by atoms with Crippen molar-refractivity contribution in [2.24, 2.45) is 0 Å². The van der Waals surface area contributed by atoms with Crippen LogP contribution in [0.15, 0.2) is 18.2 Å². The Morgan fingerprint density at radius 2 is 2.24 bits per heavy atom. The first-order valence-electron chi connectivity index (χ1n) is 4.60. The summed E-state index contributed by atoms with van der Waals surface area (Å²) < 4.78 is 18.5. The fourth-order valence-corrected chi connectivity index (χ4v) is 1.57. The van der Waals surface area contributed by atoms with E-state index in [0.29, 0.717) is 0 Å². The minimum atomic E-state index is -0.847. The normalized spacial score (nSPS) is 10.5. The zero-order valence-corrected chi connectivity index (χ0v) is 9.45. The van der Waals surface area contributed by atoms with Crippen LogP contribution in [0, 0.1) is 5.82 Å². The van der Waals surface area contributed by atoms with Gasteiger partial charge in [-0.2, -0.15) is 0 Å². The molecule has 6 heteroatoms. The molecule has 0 saturated carbocycles. The summed E-state index contributed by atoms with van der Waals surface area (Å²) in [6.07, 6.45) is 0. The molecule has 0 fully saturated rings. The maximum atomic E-state index is 13.7. The maximum absolute atomic E-state index is 13.7. The second-order valence-electron chi connectivity index (χ2n) is 3.28. The van der Waals surface area contributed by atoms with Gasteiger partial charge in [-0.1, -0.05) is 0 Å². The number of aromatic nitrogens is 1. The number of hydrogen-bond donors (Lipinski definition) is 1. The predicted molar refractivity (Wildman–Crippen MR) is 60.1 cm³/mol. The number of phenols is 1. The number of hydrogen-bond acceptors (Lipinski definition) is 4. The molecule has 2 aromatic rings. The molecule has 0 saturated heterocycles. The maximum Gasteiger partial charge on any atom is 0.270 e. The number of pyridine rings is 1. The van der Waals surface area contributed by atoms with Crippen LogP contribution in [0.1, 0.15) is 10.5 Å². The van der Waals surface area contributed by atoms with Gasteiger partial charge in [-0.25, -0.2) is 9.37 Å². The van der Waals surface area contributed by atoms with E-state index in [1.165, 1.54) is 25.3 Å². The highest BCUT2D eigenvalue weighted by Crippen LogP contribution is 2.34. The molecule has 0 aliphatic rings. The Labute approximate surface area is 101 Å². The smallest absolute Gasteiger partial charge is 0.270 e. The number of phenolic OH excluding ortho intramolecular Hbond substituents is 1. The minimum Gasteiger partial charge on any atom is -0.502 e. The van der Waals surface area contributed by atoms with Crippen molar-refractivity contribution in [1.29, 1.82) is 0 Å². The number of halogens is 2. The molecule has 0 unspecified atom stereocenters. The SMILES string of the molecule is COc1cc2nc(C(=O)Cl)ccc2c(F)c1O. The van der Waals surface area contributed by atoms with Crippen LogP contribution < -0.4 is 4.74 Å². The first-order chi connectivity index (χ1) is 8.04. The first kappa shape index (κ1) is 11.6. The number of fused-ring (bicyclic) bond motifs is 1. The molecule has 4 nitrogen and oxygen atoms in total. The van der Waals surface area contributed by atoms with Crippen molar-refractivity contribution in [3.63, 3.8) is 0 Å². The Bertz CT molecular complexity index is 615. The van der Waals surface area contributed by atoms with E-state index in [9.17, 15) is 14.3 Å². The van der Waals surface area contributed by atoms with Gasteiger partial charge in [-0.3, -0.25) is 4.79 Å². The Balaban J connectivity index is 2.78. The molecule has 0 radical (unpaired) electrons. The van der Waals surface area contributed by atoms with Crippen LogP contribution >= 0.6 is 11.6 Å². The van der Waals surface area contributed by atoms with Crippen molar-refractivity contribution in [3.8, 4) is 11.5 Å². The van der Waals surface area contributed by atoms with Crippen LogP contribution in [0.5, 0.6) is 11.5 Å². The zero-order chi connectivity index (χ0) is 12.6. The van der Waals surface area contributed by atoms with Crippen molar-refractivity contribution < 1.29 is 19.0 Å². The number of nitrogens with zero attached hydrogens (tertiary/aromatic N) is 1. The summed E-state index contributed by atoms with van der Waals surface area (Å²) in [5.74, 6) is -1.49. The van der Waals surface area contributed by atoms with E-state index in [0.717, 1.165) is 0 Å². The minimum absolute atomic E-state index is 0.00584. The van der Waals surface area contributed by atoms with E-state index in [1.807, 2.05) is 0 Å². The lowest BCUT2D eigenvalue weighted by molar-refractivity contribution is 0.107. The van der Waals surface area contributed by atoms with Gasteiger partial charge < -0.3 is 9.84 Å². The summed E-state index contributed by atoms with van der Waals surface area (Å²) in [6, 6.07) is 3.94. The highest BCUT2D eigenvalue weighted by molar-refractivity contribution is 6.67. The Morgan fingerprint density at radius 3 is 2.82 bits per heavy atom. The first-order valence-corrected chi connectivity index (χ1v) is 4.98. The fraction of sp³-hybridized carbons (Fsp3) is 0.0909. The number of carbonyl (C=O) groups excluding carboxylic acids is 1. The van der Waals surface area contributed by atoms with Crippen molar-refractivity contribution in [2.75, 3.05) is 7.11 Å². The van der Waals surface area contributed by atoms with Gasteiger partial charge >= 0.3 is 0 Å². The van der Waals surface area contributed by atoms with Crippen LogP contribution in [0.25, 0.3) is 10.9 Å². The van der Waals surface area contributed by atoms with E-state index in [-0.39, 0.29) is 22.3 Å². The molecule has 1 heterocycles. The number of benzene rings is 1. The number of aromatic hydroxyl groups is 1. The van der Waals surface area contributed by atoms with Gasteiger partial charge in [0.1, 0.15) is 5.69 Å². The van der Waals surface area contributed by atoms with E-state index < -0.39 is 16.8 Å². The lowest BCUT2D eigenvalue weighted by atomic mass is 10.1. The molecule has 1 aromatic carbocycles. The third-order valence-electron chi connectivity index (χ3n) is 2.29. The summed E-state index contributed by atoms with van der Waals surface area (Å²) >= 11 is 5.27. The number of rotatable bonds is 2. The highest BCUT2D eigenvalue weighted by atomic mass is 35.5. The van der Waals surface area contributed by atoms with Gasteiger partial charge in [0.05, 0.1) is 12.6 Å². The topological polar surface area (TPSA) is 59.4 Å². The predicted octanol–water partition coefficient (Wildman–Crippen LogP) is 2.47. The van der Waals surface area contributed by atoms with Gasteiger partial charge in [0.25, 0.3) is 5.24 Å². The molecule has 0 aliphatic carbocycles. The molecule has 17 heavy (non-hydrogen) atoms. The Morgan fingerprint density at radius 1 is 1.53 bits per heavy atom. The molecule has 88 valence electrons. The Hall–Kier alpha value is -1.88. The molecule has 0 amide bonds. The van der Waals surface area contributed by atoms with Crippen molar-refractivity contribution in [1.82, 2.24) is 4.98 Å². The summed E-state index contributed by atoms with van der Waals surface area (Å²) in [4.78, 5) is 14.8. The molecule has 0 spiro atoms. The van der Waals surface area contributed by atoms with E-state index >= 15 is 0 Å². The third-order valence-corrected chi connectivity index (χ3v) is 2.49. The molecule has 1 N–H and O–H groups in total. The summed E-state index contributed by atoms with van der Waals surface area (Å²) in [5.41, 5.74) is 0.190. The van der Waals surface area contributed by atoms with Crippen molar-refractivity contribution >= 4 is 27.7 Å². The van der Waals surface area contributed by atoms with Crippen LogP contribution in [-0.2, 0) is 0 Å². The Kier molecular flexibility index (Phi) is 2.85. The fourth-order valence-electron chi connectivity index (χ4n) is 1.46. The number of methoxy groups -OCH3 is 1. The molecule has 0 bridgehead atoms. The van der Waals surface area contributed by atoms with Crippen LogP contribution in [-0.4, -0.2) is 22.4 Å². The monoisotopic (exact) mass is 255 g/mol. The van der Waals surface area contributed by atoms with Gasteiger partial charge in [0.15, 0.2) is 17.3 Å². The summed E-state index contributed by atoms with van der Waals surface area (Å²) in [5, 5.41) is 8.80. The van der Waals surface area contributed by atoms with Crippen LogP contribution in [0.2, 0.25) is 0 Å². The number of carbonyl (C=O) groups is 1. The van der Waals surface area contributed by atoms with E-state index in [1.54, 1.807) is 0 Å². The van der Waals surface area contributed by atoms with Crippen molar-refractivity contribution in [3.05, 3.63) is 29.7 Å². The van der Waals surface area contributed by atoms with Gasteiger partial charge in [-0.05, 0) is 23.7 Å². The van der Waals surface area contributed by atoms with Crippen LogP contribution in [0.3, 0.4) is 0 Å². The average molecular weight is 256 g/mol. The average Bonchev–Trinajstić information content (AvgIpc) is 2.33. The van der Waals surface area contributed by atoms with E-state index in [4.69, 9.17) is 16.3 Å². The molecular weight excluding hydrogens is 249 g/mol. The van der Waals surface area contributed by atoms with Crippen molar-refractivity contribution in [2.45, 2.75) is 0 Å². The van der Waals surface area contributed by atoms with Gasteiger partial charge in [0.2, 0.25) is 0 Å². The lowest BCUT2D eigenvalue weighted by Crippen LogP contribution is -1.96. The van der Waals surface area contributed by atoms with Gasteiger partial charge in [0, 0.05) is 11.5 Å². The molecule has 0 atom stereocenters. The second-order valence-corrected chi connectivity index (χ2v) is 3.62. The van der Waals surface area contributed by atoms with Gasteiger partial charge in [-0.15, -0.1) is 0 Å². The largest absolute Gasteiger partial charge is 0.502 e. The summed E-state index contributed by atoms with van der Waals surface area (Å²) in [7, 11) is 1.29. The highest BCUT2D eigenvalue weighted by Gasteiger charge is 2.15. The molecule has 2 rings (SSSR count).